The number of ether oxygens (including phenoxy) is 2. The maximum absolute atomic E-state index is 12.3. The molecule has 0 bridgehead atoms. The smallest absolute Gasteiger partial charge is 0.255 e. The highest BCUT2D eigenvalue weighted by atomic mass is 35.5. The first kappa shape index (κ1) is 17.6. The molecular weight excluding hydrogens is 292 g/mol. The van der Waals surface area contributed by atoms with Crippen molar-refractivity contribution in [2.45, 2.75) is 12.8 Å². The lowest BCUT2D eigenvalue weighted by Crippen LogP contribution is -2.38. The Morgan fingerprint density at radius 2 is 2.19 bits per heavy atom. The molecule has 6 heteroatoms. The van der Waals surface area contributed by atoms with Crippen LogP contribution in [-0.2, 0) is 0 Å². The van der Waals surface area contributed by atoms with E-state index in [1.54, 1.807) is 32.4 Å². The molecule has 1 fully saturated rings. The van der Waals surface area contributed by atoms with Crippen molar-refractivity contribution in [1.82, 2.24) is 10.6 Å². The van der Waals surface area contributed by atoms with E-state index in [-0.39, 0.29) is 18.3 Å². The summed E-state index contributed by atoms with van der Waals surface area (Å²) in [6.07, 6.45) is 2.32. The van der Waals surface area contributed by atoms with Crippen molar-refractivity contribution >= 4 is 18.3 Å². The zero-order valence-electron chi connectivity index (χ0n) is 12.5. The maximum Gasteiger partial charge on any atom is 0.255 e. The number of rotatable bonds is 5. The lowest BCUT2D eigenvalue weighted by Gasteiger charge is -2.23. The summed E-state index contributed by atoms with van der Waals surface area (Å²) in [6, 6.07) is 5.31. The van der Waals surface area contributed by atoms with Crippen LogP contribution in [0.15, 0.2) is 18.2 Å². The van der Waals surface area contributed by atoms with Crippen LogP contribution in [0.5, 0.6) is 11.5 Å². The van der Waals surface area contributed by atoms with Gasteiger partial charge in [-0.05, 0) is 44.0 Å². The van der Waals surface area contributed by atoms with Gasteiger partial charge in [-0.25, -0.2) is 0 Å². The lowest BCUT2D eigenvalue weighted by molar-refractivity contribution is 0.0941. The van der Waals surface area contributed by atoms with Crippen molar-refractivity contribution in [3.8, 4) is 11.5 Å². The van der Waals surface area contributed by atoms with Crippen LogP contribution in [0.1, 0.15) is 23.2 Å². The Morgan fingerprint density at radius 1 is 1.38 bits per heavy atom. The van der Waals surface area contributed by atoms with Crippen LogP contribution in [0.4, 0.5) is 0 Å². The Labute approximate surface area is 131 Å². The number of benzene rings is 1. The maximum atomic E-state index is 12.3. The first-order valence-electron chi connectivity index (χ1n) is 6.96. The second-order valence-electron chi connectivity index (χ2n) is 4.96. The molecular formula is C15H23ClN2O3. The zero-order chi connectivity index (χ0) is 14.4. The molecule has 0 radical (unpaired) electrons. The van der Waals surface area contributed by atoms with Crippen LogP contribution in [0, 0.1) is 5.92 Å². The summed E-state index contributed by atoms with van der Waals surface area (Å²) < 4.78 is 10.5. The highest BCUT2D eigenvalue weighted by molar-refractivity contribution is 5.97. The lowest BCUT2D eigenvalue weighted by atomic mass is 9.99. The molecule has 5 nitrogen and oxygen atoms in total. The molecule has 2 N–H and O–H groups in total. The van der Waals surface area contributed by atoms with Crippen LogP contribution >= 0.6 is 12.4 Å². The quantitative estimate of drug-likeness (QED) is 0.871. The number of carbonyl (C=O) groups excluding carboxylic acids is 1. The predicted molar refractivity (Wildman–Crippen MR) is 84.7 cm³/mol. The first-order chi connectivity index (χ1) is 9.76. The van der Waals surface area contributed by atoms with Gasteiger partial charge in [0.1, 0.15) is 0 Å². The summed E-state index contributed by atoms with van der Waals surface area (Å²) in [5, 5.41) is 6.32. The minimum atomic E-state index is -0.119. The van der Waals surface area contributed by atoms with Gasteiger partial charge in [-0.15, -0.1) is 12.4 Å². The molecule has 1 amide bonds. The fourth-order valence-corrected chi connectivity index (χ4v) is 2.50. The molecule has 21 heavy (non-hydrogen) atoms. The number of hydrogen-bond acceptors (Lipinski definition) is 4. The first-order valence-corrected chi connectivity index (χ1v) is 6.96. The van der Waals surface area contributed by atoms with Gasteiger partial charge >= 0.3 is 0 Å². The van der Waals surface area contributed by atoms with Crippen molar-refractivity contribution in [1.29, 1.82) is 0 Å². The molecule has 1 atom stereocenters. The number of halogens is 1. The second kappa shape index (κ2) is 8.74. The van der Waals surface area contributed by atoms with Gasteiger partial charge in [0.15, 0.2) is 11.5 Å². The molecule has 1 heterocycles. The number of amides is 1. The standard InChI is InChI=1S/C15H22N2O3.ClH/c1-19-13-7-3-6-12(14(13)20-2)15(18)17-10-11-5-4-8-16-9-11;/h3,6-7,11,16H,4-5,8-10H2,1-2H3,(H,17,18);1H. The Morgan fingerprint density at radius 3 is 2.81 bits per heavy atom. The molecule has 1 saturated heterocycles. The summed E-state index contributed by atoms with van der Waals surface area (Å²) in [6.45, 7) is 2.73. The Hall–Kier alpha value is -1.46. The van der Waals surface area contributed by atoms with Crippen molar-refractivity contribution < 1.29 is 14.3 Å². The van der Waals surface area contributed by atoms with E-state index in [0.717, 1.165) is 19.5 Å². The highest BCUT2D eigenvalue weighted by Gasteiger charge is 2.18. The minimum Gasteiger partial charge on any atom is -0.493 e. The average molecular weight is 315 g/mol. The van der Waals surface area contributed by atoms with Gasteiger partial charge in [0.05, 0.1) is 19.8 Å². The number of hydrogen-bond donors (Lipinski definition) is 2. The van der Waals surface area contributed by atoms with Crippen molar-refractivity contribution in [2.75, 3.05) is 33.9 Å². The number of para-hydroxylation sites is 1. The molecule has 118 valence electrons. The van der Waals surface area contributed by atoms with Crippen LogP contribution in [0.2, 0.25) is 0 Å². The number of piperidine rings is 1. The molecule has 2 rings (SSSR count). The number of carbonyl (C=O) groups is 1. The van der Waals surface area contributed by atoms with Gasteiger partial charge in [0.2, 0.25) is 0 Å². The third kappa shape index (κ3) is 4.51. The van der Waals surface area contributed by atoms with E-state index in [1.807, 2.05) is 0 Å². The molecule has 1 aromatic rings. The molecule has 0 aliphatic carbocycles. The predicted octanol–water partition coefficient (Wildman–Crippen LogP) is 1.85. The number of methoxy groups -OCH3 is 2. The molecule has 0 saturated carbocycles. The Balaban J connectivity index is 0.00000220. The highest BCUT2D eigenvalue weighted by Crippen LogP contribution is 2.30. The van der Waals surface area contributed by atoms with E-state index in [4.69, 9.17) is 9.47 Å². The van der Waals surface area contributed by atoms with E-state index >= 15 is 0 Å². The van der Waals surface area contributed by atoms with Crippen molar-refractivity contribution in [2.24, 2.45) is 5.92 Å². The molecule has 1 unspecified atom stereocenters. The van der Waals surface area contributed by atoms with Crippen LogP contribution in [-0.4, -0.2) is 39.8 Å². The van der Waals surface area contributed by atoms with E-state index in [1.165, 1.54) is 6.42 Å². The molecule has 1 aromatic carbocycles. The summed E-state index contributed by atoms with van der Waals surface area (Å²) in [4.78, 5) is 12.3. The van der Waals surface area contributed by atoms with Gasteiger partial charge in [-0.1, -0.05) is 6.07 Å². The topological polar surface area (TPSA) is 59.6 Å². The molecule has 0 aromatic heterocycles. The average Bonchev–Trinajstić information content (AvgIpc) is 2.52. The summed E-state index contributed by atoms with van der Waals surface area (Å²) in [5.41, 5.74) is 0.510. The fraction of sp³-hybridized carbons (Fsp3) is 0.533. The van der Waals surface area contributed by atoms with Crippen LogP contribution in [0.3, 0.4) is 0 Å². The van der Waals surface area contributed by atoms with Crippen molar-refractivity contribution in [3.63, 3.8) is 0 Å². The normalized spacial score (nSPS) is 17.5. The second-order valence-corrected chi connectivity index (χ2v) is 4.96. The minimum absolute atomic E-state index is 0. The van der Waals surface area contributed by atoms with Gasteiger partial charge in [-0.2, -0.15) is 0 Å². The molecule has 1 aliphatic rings. The van der Waals surface area contributed by atoms with E-state index < -0.39 is 0 Å². The van der Waals surface area contributed by atoms with Gasteiger partial charge in [0.25, 0.3) is 5.91 Å². The summed E-state index contributed by atoms with van der Waals surface area (Å²) in [7, 11) is 3.10. The molecule has 1 aliphatic heterocycles. The fourth-order valence-electron chi connectivity index (χ4n) is 2.50. The third-order valence-electron chi connectivity index (χ3n) is 3.60. The van der Waals surface area contributed by atoms with Crippen molar-refractivity contribution in [3.05, 3.63) is 23.8 Å². The van der Waals surface area contributed by atoms with E-state index in [2.05, 4.69) is 10.6 Å². The molecule has 0 spiro atoms. The largest absolute Gasteiger partial charge is 0.493 e. The van der Waals surface area contributed by atoms with Gasteiger partial charge in [-0.3, -0.25) is 4.79 Å². The Kier molecular flexibility index (Phi) is 7.32. The van der Waals surface area contributed by atoms with Crippen LogP contribution in [0.25, 0.3) is 0 Å². The monoisotopic (exact) mass is 314 g/mol. The third-order valence-corrected chi connectivity index (χ3v) is 3.60. The SMILES string of the molecule is COc1cccc(C(=O)NCC2CCCNC2)c1OC.Cl. The zero-order valence-corrected chi connectivity index (χ0v) is 13.3. The summed E-state index contributed by atoms with van der Waals surface area (Å²) in [5.74, 6) is 1.43. The van der Waals surface area contributed by atoms with E-state index in [9.17, 15) is 4.79 Å². The van der Waals surface area contributed by atoms with Gasteiger partial charge in [0, 0.05) is 6.54 Å². The number of nitrogens with one attached hydrogen (secondary N) is 2. The van der Waals surface area contributed by atoms with Gasteiger partial charge < -0.3 is 20.1 Å². The van der Waals surface area contributed by atoms with E-state index in [0.29, 0.717) is 29.5 Å². The van der Waals surface area contributed by atoms with Crippen LogP contribution < -0.4 is 20.1 Å². The Bertz CT molecular complexity index is 462. The summed E-state index contributed by atoms with van der Waals surface area (Å²) >= 11 is 0.